The number of nitrogens with one attached hydrogen (secondary N) is 1. The van der Waals surface area contributed by atoms with Gasteiger partial charge in [0, 0.05) is 31.2 Å². The smallest absolute Gasteiger partial charge is 0.385 e. The number of halogens is 3. The molecule has 0 saturated carbocycles. The van der Waals surface area contributed by atoms with Crippen LogP contribution in [0.5, 0.6) is 0 Å². The van der Waals surface area contributed by atoms with Crippen molar-refractivity contribution in [2.24, 2.45) is 5.92 Å². The lowest BCUT2D eigenvalue weighted by molar-refractivity contribution is -0.137. The summed E-state index contributed by atoms with van der Waals surface area (Å²) >= 11 is 0. The number of hydrogen-bond donors (Lipinski definition) is 1. The maximum absolute atomic E-state index is 12.7. The summed E-state index contributed by atoms with van der Waals surface area (Å²) in [5.74, 6) is 0.154. The summed E-state index contributed by atoms with van der Waals surface area (Å²) in [6, 6.07) is 4.84. The molecule has 0 aliphatic carbocycles. The van der Waals surface area contributed by atoms with Gasteiger partial charge in [-0.25, -0.2) is 12.7 Å². The minimum atomic E-state index is -4.56. The summed E-state index contributed by atoms with van der Waals surface area (Å²) in [6.07, 6.45) is -4.56. The van der Waals surface area contributed by atoms with Crippen LogP contribution < -0.4 is 5.32 Å². The molecule has 0 bridgehead atoms. The van der Waals surface area contributed by atoms with Crippen LogP contribution in [0.2, 0.25) is 0 Å². The summed E-state index contributed by atoms with van der Waals surface area (Å²) in [5.41, 5.74) is -0.993. The Kier molecular flexibility index (Phi) is 4.87. The second-order valence-electron chi connectivity index (χ2n) is 5.33. The Morgan fingerprint density at radius 2 is 2.04 bits per heavy atom. The average molecular weight is 347 g/mol. The Labute approximate surface area is 132 Å². The van der Waals surface area contributed by atoms with Gasteiger partial charge in [0.05, 0.1) is 22.9 Å². The van der Waals surface area contributed by atoms with Crippen LogP contribution in [0.1, 0.15) is 18.1 Å². The standard InChI is InChI=1S/C14H16F3N3O2S/c1-2-23(21,22)20-8-10(9-20)7-19-12-3-4-13(14(15,16)17)11(5-12)6-18/h3-5,10,19H,2,7-9H2,1H3. The number of nitriles is 1. The highest BCUT2D eigenvalue weighted by atomic mass is 32.2. The van der Waals surface area contributed by atoms with E-state index in [2.05, 4.69) is 5.32 Å². The van der Waals surface area contributed by atoms with Crippen molar-refractivity contribution in [3.63, 3.8) is 0 Å². The van der Waals surface area contributed by atoms with Crippen LogP contribution in [0.25, 0.3) is 0 Å². The van der Waals surface area contributed by atoms with E-state index < -0.39 is 27.3 Å². The van der Waals surface area contributed by atoms with Crippen molar-refractivity contribution in [2.75, 3.05) is 30.7 Å². The first kappa shape index (κ1) is 17.6. The van der Waals surface area contributed by atoms with Gasteiger partial charge in [0.2, 0.25) is 10.0 Å². The summed E-state index contributed by atoms with van der Waals surface area (Å²) in [4.78, 5) is 0. The fraction of sp³-hybridized carbons (Fsp3) is 0.500. The van der Waals surface area contributed by atoms with E-state index in [4.69, 9.17) is 5.26 Å². The molecule has 9 heteroatoms. The van der Waals surface area contributed by atoms with Gasteiger partial charge in [0.1, 0.15) is 0 Å². The van der Waals surface area contributed by atoms with Crippen LogP contribution in [0.4, 0.5) is 18.9 Å². The number of hydrogen-bond acceptors (Lipinski definition) is 4. The Morgan fingerprint density at radius 1 is 1.39 bits per heavy atom. The highest BCUT2D eigenvalue weighted by Crippen LogP contribution is 2.33. The van der Waals surface area contributed by atoms with Crippen LogP contribution in [-0.2, 0) is 16.2 Å². The van der Waals surface area contributed by atoms with Crippen LogP contribution >= 0.6 is 0 Å². The molecule has 0 unspecified atom stereocenters. The normalized spacial score (nSPS) is 16.7. The van der Waals surface area contributed by atoms with E-state index in [1.54, 1.807) is 13.0 Å². The van der Waals surface area contributed by atoms with Gasteiger partial charge >= 0.3 is 6.18 Å². The van der Waals surface area contributed by atoms with E-state index in [-0.39, 0.29) is 11.7 Å². The van der Waals surface area contributed by atoms with Crippen molar-refractivity contribution in [3.8, 4) is 6.07 Å². The van der Waals surface area contributed by atoms with Gasteiger partial charge in [-0.3, -0.25) is 0 Å². The highest BCUT2D eigenvalue weighted by molar-refractivity contribution is 7.89. The Bertz CT molecular complexity index is 720. The second-order valence-corrected chi connectivity index (χ2v) is 7.59. The van der Waals surface area contributed by atoms with Crippen LogP contribution in [0.3, 0.4) is 0 Å². The van der Waals surface area contributed by atoms with Crippen molar-refractivity contribution in [3.05, 3.63) is 29.3 Å². The first-order valence-electron chi connectivity index (χ1n) is 7.00. The summed E-state index contributed by atoms with van der Waals surface area (Å²) in [5, 5.41) is 11.8. The minimum Gasteiger partial charge on any atom is -0.385 e. The van der Waals surface area contributed by atoms with Gasteiger partial charge < -0.3 is 5.32 Å². The maximum atomic E-state index is 12.7. The molecule has 126 valence electrons. The lowest BCUT2D eigenvalue weighted by Crippen LogP contribution is -2.52. The SMILES string of the molecule is CCS(=O)(=O)N1CC(CNc2ccc(C(F)(F)F)c(C#N)c2)C1. The van der Waals surface area contributed by atoms with Crippen molar-refractivity contribution < 1.29 is 21.6 Å². The molecular formula is C14H16F3N3O2S. The number of rotatable bonds is 5. The molecule has 0 radical (unpaired) electrons. The van der Waals surface area contributed by atoms with Crippen molar-refractivity contribution in [1.82, 2.24) is 4.31 Å². The lowest BCUT2D eigenvalue weighted by atomic mass is 10.0. The monoisotopic (exact) mass is 347 g/mol. The van der Waals surface area contributed by atoms with Crippen molar-refractivity contribution in [2.45, 2.75) is 13.1 Å². The molecule has 0 spiro atoms. The van der Waals surface area contributed by atoms with Gasteiger partial charge in [-0.05, 0) is 25.1 Å². The van der Waals surface area contributed by atoms with Crippen LogP contribution in [-0.4, -0.2) is 38.1 Å². The minimum absolute atomic E-state index is 0.0532. The molecular weight excluding hydrogens is 331 g/mol. The van der Waals surface area contributed by atoms with Gasteiger partial charge in [-0.2, -0.15) is 18.4 Å². The third kappa shape index (κ3) is 3.95. The topological polar surface area (TPSA) is 73.2 Å². The first-order chi connectivity index (χ1) is 10.7. The van der Waals surface area contributed by atoms with Gasteiger partial charge in [0.25, 0.3) is 0 Å². The lowest BCUT2D eigenvalue weighted by Gasteiger charge is -2.38. The van der Waals surface area contributed by atoms with E-state index in [1.807, 2.05) is 0 Å². The van der Waals surface area contributed by atoms with E-state index in [9.17, 15) is 21.6 Å². The molecule has 1 aromatic rings. The van der Waals surface area contributed by atoms with E-state index in [0.717, 1.165) is 12.1 Å². The Hall–Kier alpha value is -1.79. The Morgan fingerprint density at radius 3 is 2.57 bits per heavy atom. The van der Waals surface area contributed by atoms with Crippen molar-refractivity contribution in [1.29, 1.82) is 5.26 Å². The molecule has 1 N–H and O–H groups in total. The van der Waals surface area contributed by atoms with E-state index in [0.29, 0.717) is 25.3 Å². The maximum Gasteiger partial charge on any atom is 0.417 e. The number of sulfonamides is 1. The predicted octanol–water partition coefficient (Wildman–Crippen LogP) is 2.27. The highest BCUT2D eigenvalue weighted by Gasteiger charge is 2.35. The first-order valence-corrected chi connectivity index (χ1v) is 8.61. The van der Waals surface area contributed by atoms with Gasteiger partial charge in [0.15, 0.2) is 0 Å². The van der Waals surface area contributed by atoms with Crippen molar-refractivity contribution >= 4 is 15.7 Å². The van der Waals surface area contributed by atoms with E-state index >= 15 is 0 Å². The molecule has 2 rings (SSSR count). The second kappa shape index (κ2) is 6.37. The number of nitrogens with zero attached hydrogens (tertiary/aromatic N) is 2. The molecule has 1 heterocycles. The molecule has 0 aromatic heterocycles. The van der Waals surface area contributed by atoms with Crippen LogP contribution in [0.15, 0.2) is 18.2 Å². The quantitative estimate of drug-likeness (QED) is 0.887. The molecule has 23 heavy (non-hydrogen) atoms. The van der Waals surface area contributed by atoms with Gasteiger partial charge in [-0.15, -0.1) is 0 Å². The van der Waals surface area contributed by atoms with Gasteiger partial charge in [-0.1, -0.05) is 0 Å². The molecule has 1 aromatic carbocycles. The predicted molar refractivity (Wildman–Crippen MR) is 79.2 cm³/mol. The molecule has 0 atom stereocenters. The van der Waals surface area contributed by atoms with Crippen LogP contribution in [0, 0.1) is 17.2 Å². The molecule has 5 nitrogen and oxygen atoms in total. The number of alkyl halides is 3. The zero-order valence-corrected chi connectivity index (χ0v) is 13.2. The Balaban J connectivity index is 1.95. The fourth-order valence-electron chi connectivity index (χ4n) is 2.32. The average Bonchev–Trinajstić information content (AvgIpc) is 2.44. The molecule has 0 amide bonds. The fourth-order valence-corrected chi connectivity index (χ4v) is 3.56. The zero-order valence-electron chi connectivity index (χ0n) is 12.4. The zero-order chi connectivity index (χ0) is 17.3. The van der Waals surface area contributed by atoms with E-state index in [1.165, 1.54) is 10.4 Å². The number of anilines is 1. The molecule has 1 fully saturated rings. The molecule has 1 aliphatic heterocycles. The third-order valence-electron chi connectivity index (χ3n) is 3.72. The summed E-state index contributed by atoms with van der Waals surface area (Å²) in [6.45, 7) is 2.81. The summed E-state index contributed by atoms with van der Waals surface area (Å²) in [7, 11) is -3.17. The molecule has 1 saturated heterocycles. The largest absolute Gasteiger partial charge is 0.417 e. The molecule has 1 aliphatic rings. The number of benzene rings is 1. The summed E-state index contributed by atoms with van der Waals surface area (Å²) < 4.78 is 62.6. The third-order valence-corrected chi connectivity index (χ3v) is 5.54.